The minimum absolute atomic E-state index is 0.124. The minimum atomic E-state index is -0.475. The second-order valence-corrected chi connectivity index (χ2v) is 3.07. The number of aliphatic hydroxyl groups is 1. The highest BCUT2D eigenvalue weighted by Gasteiger charge is 2.33. The molecule has 0 aromatic heterocycles. The highest BCUT2D eigenvalue weighted by molar-refractivity contribution is 5.78. The molecule has 0 bridgehead atoms. The van der Waals surface area contributed by atoms with Crippen LogP contribution < -0.4 is 5.32 Å². The Balaban J connectivity index is 1.97. The number of carbonyl (C=O) groups excluding carboxylic acids is 1. The number of nitrogens with one attached hydrogen (secondary N) is 1. The first kappa shape index (κ1) is 8.52. The number of amides is 1. The number of carbonyl (C=O) groups is 1. The van der Waals surface area contributed by atoms with E-state index in [1.807, 2.05) is 11.0 Å². The van der Waals surface area contributed by atoms with E-state index in [2.05, 4.69) is 5.32 Å². The Bertz CT molecular complexity index is 252. The summed E-state index contributed by atoms with van der Waals surface area (Å²) in [6, 6.07) is 0. The Kier molecular flexibility index (Phi) is 2.20. The van der Waals surface area contributed by atoms with Gasteiger partial charge in [0.05, 0.1) is 6.61 Å². The van der Waals surface area contributed by atoms with E-state index in [4.69, 9.17) is 9.84 Å². The first-order valence-electron chi connectivity index (χ1n) is 4.30. The van der Waals surface area contributed by atoms with Crippen molar-refractivity contribution in [1.82, 2.24) is 10.2 Å². The van der Waals surface area contributed by atoms with E-state index >= 15 is 0 Å². The molecular formula is C8H12N2O3. The molecule has 1 atom stereocenters. The van der Waals surface area contributed by atoms with Crippen LogP contribution in [0, 0.1) is 0 Å². The molecule has 1 amide bonds. The predicted molar refractivity (Wildman–Crippen MR) is 44.4 cm³/mol. The van der Waals surface area contributed by atoms with Crippen molar-refractivity contribution in [1.29, 1.82) is 0 Å². The summed E-state index contributed by atoms with van der Waals surface area (Å²) >= 11 is 0. The average Bonchev–Trinajstić information content (AvgIpc) is 2.08. The maximum atomic E-state index is 10.9. The average molecular weight is 184 g/mol. The van der Waals surface area contributed by atoms with Gasteiger partial charge < -0.3 is 20.1 Å². The van der Waals surface area contributed by atoms with Crippen molar-refractivity contribution in [3.05, 3.63) is 11.9 Å². The summed E-state index contributed by atoms with van der Waals surface area (Å²) in [5, 5.41) is 11.2. The van der Waals surface area contributed by atoms with Crippen LogP contribution >= 0.6 is 0 Å². The molecule has 2 aliphatic rings. The minimum Gasteiger partial charge on any atom is -0.387 e. The van der Waals surface area contributed by atoms with Gasteiger partial charge in [0.1, 0.15) is 18.7 Å². The summed E-state index contributed by atoms with van der Waals surface area (Å²) in [7, 11) is 0. The summed E-state index contributed by atoms with van der Waals surface area (Å²) in [6.45, 7) is 0.959. The van der Waals surface area contributed by atoms with Crippen LogP contribution in [0.1, 0.15) is 6.42 Å². The molecule has 5 nitrogen and oxygen atoms in total. The molecule has 0 aromatic carbocycles. The highest BCUT2D eigenvalue weighted by atomic mass is 16.5. The van der Waals surface area contributed by atoms with Crippen LogP contribution in [0.15, 0.2) is 11.9 Å². The smallest absolute Gasteiger partial charge is 0.251 e. The van der Waals surface area contributed by atoms with Gasteiger partial charge in [0.15, 0.2) is 0 Å². The quantitative estimate of drug-likeness (QED) is 0.577. The zero-order chi connectivity index (χ0) is 9.26. The number of nitrogens with zero attached hydrogens (tertiary/aromatic N) is 1. The van der Waals surface area contributed by atoms with E-state index < -0.39 is 6.61 Å². The molecule has 0 aromatic rings. The molecule has 2 heterocycles. The molecule has 72 valence electrons. The Morgan fingerprint density at radius 2 is 2.69 bits per heavy atom. The molecule has 0 radical (unpaired) electrons. The van der Waals surface area contributed by atoms with Crippen molar-refractivity contribution in [3.8, 4) is 0 Å². The Morgan fingerprint density at radius 1 is 1.85 bits per heavy atom. The van der Waals surface area contributed by atoms with Gasteiger partial charge in [-0.1, -0.05) is 0 Å². The van der Waals surface area contributed by atoms with Gasteiger partial charge in [0.25, 0.3) is 5.91 Å². The lowest BCUT2D eigenvalue weighted by Crippen LogP contribution is -2.54. The SMILES string of the molecule is O=C(CO)NC1=CCOC2CCN12. The summed E-state index contributed by atoms with van der Waals surface area (Å²) in [5.41, 5.74) is 0. The molecule has 2 aliphatic heterocycles. The molecule has 0 saturated carbocycles. The maximum Gasteiger partial charge on any atom is 0.251 e. The lowest BCUT2D eigenvalue weighted by molar-refractivity contribution is -0.129. The Labute approximate surface area is 76.0 Å². The molecule has 2 rings (SSSR count). The van der Waals surface area contributed by atoms with E-state index in [1.165, 1.54) is 0 Å². The van der Waals surface area contributed by atoms with Crippen LogP contribution in [0.4, 0.5) is 0 Å². The lowest BCUT2D eigenvalue weighted by atomic mass is 10.1. The normalized spacial score (nSPS) is 25.8. The molecule has 13 heavy (non-hydrogen) atoms. The van der Waals surface area contributed by atoms with Crippen LogP contribution in [-0.4, -0.2) is 41.9 Å². The zero-order valence-corrected chi connectivity index (χ0v) is 7.19. The fourth-order valence-electron chi connectivity index (χ4n) is 1.47. The lowest BCUT2D eigenvalue weighted by Gasteiger charge is -2.45. The maximum absolute atomic E-state index is 10.9. The fourth-order valence-corrected chi connectivity index (χ4v) is 1.47. The molecule has 0 spiro atoms. The topological polar surface area (TPSA) is 61.8 Å². The Morgan fingerprint density at radius 3 is 3.31 bits per heavy atom. The van der Waals surface area contributed by atoms with Gasteiger partial charge in [0.2, 0.25) is 0 Å². The van der Waals surface area contributed by atoms with Crippen LogP contribution in [0.25, 0.3) is 0 Å². The fraction of sp³-hybridized carbons (Fsp3) is 0.625. The molecule has 0 aliphatic carbocycles. The Hall–Kier alpha value is -1.07. The van der Waals surface area contributed by atoms with Crippen molar-refractivity contribution in [2.45, 2.75) is 12.6 Å². The van der Waals surface area contributed by atoms with Crippen molar-refractivity contribution >= 4 is 5.91 Å². The van der Waals surface area contributed by atoms with E-state index in [9.17, 15) is 4.79 Å². The molecule has 1 fully saturated rings. The van der Waals surface area contributed by atoms with Crippen molar-refractivity contribution < 1.29 is 14.6 Å². The van der Waals surface area contributed by atoms with Crippen LogP contribution in [0.5, 0.6) is 0 Å². The molecular weight excluding hydrogens is 172 g/mol. The summed E-state index contributed by atoms with van der Waals surface area (Å²) < 4.78 is 5.36. The third kappa shape index (κ3) is 1.52. The number of ether oxygens (including phenoxy) is 1. The highest BCUT2D eigenvalue weighted by Crippen LogP contribution is 2.25. The van der Waals surface area contributed by atoms with Crippen molar-refractivity contribution in [2.75, 3.05) is 19.8 Å². The molecule has 5 heteroatoms. The third-order valence-electron chi connectivity index (χ3n) is 2.25. The number of hydrogen-bond acceptors (Lipinski definition) is 4. The van der Waals surface area contributed by atoms with Crippen LogP contribution in [-0.2, 0) is 9.53 Å². The molecule has 1 unspecified atom stereocenters. The molecule has 1 saturated heterocycles. The predicted octanol–water partition coefficient (Wildman–Crippen LogP) is -1.00. The first-order chi connectivity index (χ1) is 6.31. The van der Waals surface area contributed by atoms with Gasteiger partial charge >= 0.3 is 0 Å². The van der Waals surface area contributed by atoms with Gasteiger partial charge in [0, 0.05) is 13.0 Å². The van der Waals surface area contributed by atoms with Crippen LogP contribution in [0.2, 0.25) is 0 Å². The summed E-state index contributed by atoms with van der Waals surface area (Å²) in [4.78, 5) is 12.9. The monoisotopic (exact) mass is 184 g/mol. The number of fused-ring (bicyclic) bond motifs is 1. The van der Waals surface area contributed by atoms with Gasteiger partial charge in [-0.2, -0.15) is 0 Å². The largest absolute Gasteiger partial charge is 0.387 e. The molecule has 2 N–H and O–H groups in total. The van der Waals surface area contributed by atoms with Gasteiger partial charge in [-0.05, 0) is 6.08 Å². The zero-order valence-electron chi connectivity index (χ0n) is 7.19. The van der Waals surface area contributed by atoms with E-state index in [0.717, 1.165) is 18.8 Å². The standard InChI is InChI=1S/C8H12N2O3/c11-5-7(12)9-6-2-4-13-8-1-3-10(6)8/h2,8,11H,1,3-5H2,(H,9,12). The van der Waals surface area contributed by atoms with Gasteiger partial charge in [-0.15, -0.1) is 0 Å². The van der Waals surface area contributed by atoms with Crippen LogP contribution in [0.3, 0.4) is 0 Å². The van der Waals surface area contributed by atoms with Gasteiger partial charge in [-0.25, -0.2) is 0 Å². The second-order valence-electron chi connectivity index (χ2n) is 3.07. The number of hydrogen-bond donors (Lipinski definition) is 2. The van der Waals surface area contributed by atoms with E-state index in [0.29, 0.717) is 6.61 Å². The van der Waals surface area contributed by atoms with E-state index in [-0.39, 0.29) is 12.1 Å². The van der Waals surface area contributed by atoms with Crippen molar-refractivity contribution in [2.24, 2.45) is 0 Å². The van der Waals surface area contributed by atoms with Gasteiger partial charge in [-0.3, -0.25) is 4.79 Å². The summed E-state index contributed by atoms with van der Waals surface area (Å²) in [5.74, 6) is 0.389. The summed E-state index contributed by atoms with van der Waals surface area (Å²) in [6.07, 6.45) is 2.94. The van der Waals surface area contributed by atoms with Crippen molar-refractivity contribution in [3.63, 3.8) is 0 Å². The van der Waals surface area contributed by atoms with E-state index in [1.54, 1.807) is 0 Å². The first-order valence-corrected chi connectivity index (χ1v) is 4.30. The third-order valence-corrected chi connectivity index (χ3v) is 2.25. The second kappa shape index (κ2) is 3.35. The number of aliphatic hydroxyl groups excluding tert-OH is 1. The number of rotatable bonds is 2.